The second-order valence-electron chi connectivity index (χ2n) is 6.43. The Hall–Kier alpha value is -3.66. The van der Waals surface area contributed by atoms with E-state index < -0.39 is 23.6 Å². The molecular formula is C21H15F3N2O4S. The first-order valence-corrected chi connectivity index (χ1v) is 9.62. The smallest absolute Gasteiger partial charge is 0.416 e. The van der Waals surface area contributed by atoms with Gasteiger partial charge in [-0.05, 0) is 48.9 Å². The molecule has 0 unspecified atom stereocenters. The van der Waals surface area contributed by atoms with Crippen LogP contribution in [0.15, 0.2) is 59.0 Å². The lowest BCUT2D eigenvalue weighted by atomic mass is 10.1. The summed E-state index contributed by atoms with van der Waals surface area (Å²) in [6.07, 6.45) is -4.50. The van der Waals surface area contributed by atoms with E-state index in [2.05, 4.69) is 10.5 Å². The summed E-state index contributed by atoms with van der Waals surface area (Å²) in [5, 5.41) is 24.8. The number of halogens is 3. The van der Waals surface area contributed by atoms with Gasteiger partial charge in [0.25, 0.3) is 5.91 Å². The first-order valence-electron chi connectivity index (χ1n) is 8.74. The van der Waals surface area contributed by atoms with Crippen molar-refractivity contribution in [2.24, 2.45) is 5.10 Å². The van der Waals surface area contributed by atoms with Gasteiger partial charge < -0.3 is 10.2 Å². The van der Waals surface area contributed by atoms with Crippen LogP contribution in [0, 0.1) is 0 Å². The number of carbonyl (C=O) groups excluding carboxylic acids is 1. The molecule has 0 saturated heterocycles. The Morgan fingerprint density at radius 3 is 2.32 bits per heavy atom. The predicted octanol–water partition coefficient (Wildman–Crippen LogP) is 4.99. The molecule has 0 aliphatic carbocycles. The fourth-order valence-corrected chi connectivity index (χ4v) is 3.68. The maximum absolute atomic E-state index is 12.9. The number of thiophene rings is 1. The number of rotatable bonds is 5. The minimum atomic E-state index is -4.50. The average Bonchev–Trinajstić information content (AvgIpc) is 3.12. The molecule has 0 aliphatic heterocycles. The molecule has 1 aromatic heterocycles. The molecule has 3 N–H and O–H groups in total. The topological polar surface area (TPSA) is 99.0 Å². The molecule has 0 radical (unpaired) electrons. The monoisotopic (exact) mass is 448 g/mol. The van der Waals surface area contributed by atoms with Crippen LogP contribution in [-0.2, 0) is 6.18 Å². The SMILES string of the molecule is CC(=NNC(=O)c1ccc(C(=O)O)cc1)c1csc(-c2cccc(C(F)(F)F)c2)c1O. The minimum Gasteiger partial charge on any atom is -0.506 e. The fraction of sp³-hybridized carbons (Fsp3) is 0.0952. The summed E-state index contributed by atoms with van der Waals surface area (Å²) >= 11 is 1.05. The summed E-state index contributed by atoms with van der Waals surface area (Å²) in [7, 11) is 0. The zero-order valence-corrected chi connectivity index (χ0v) is 16.7. The van der Waals surface area contributed by atoms with Gasteiger partial charge >= 0.3 is 12.1 Å². The van der Waals surface area contributed by atoms with Gasteiger partial charge in [0, 0.05) is 10.9 Å². The molecule has 0 aliphatic rings. The van der Waals surface area contributed by atoms with Gasteiger partial charge in [-0.3, -0.25) is 4.79 Å². The maximum Gasteiger partial charge on any atom is 0.416 e. The lowest BCUT2D eigenvalue weighted by Crippen LogP contribution is -2.19. The lowest BCUT2D eigenvalue weighted by molar-refractivity contribution is -0.137. The van der Waals surface area contributed by atoms with E-state index >= 15 is 0 Å². The van der Waals surface area contributed by atoms with Gasteiger partial charge in [-0.15, -0.1) is 11.3 Å². The zero-order valence-electron chi connectivity index (χ0n) is 15.9. The van der Waals surface area contributed by atoms with Gasteiger partial charge in [0.05, 0.1) is 27.3 Å². The lowest BCUT2D eigenvalue weighted by Gasteiger charge is -2.08. The van der Waals surface area contributed by atoms with E-state index in [0.717, 1.165) is 23.5 Å². The average molecular weight is 448 g/mol. The number of aromatic carboxylic acids is 1. The molecule has 0 saturated carbocycles. The molecule has 2 aromatic carbocycles. The first-order chi connectivity index (χ1) is 14.6. The number of amides is 1. The fourth-order valence-electron chi connectivity index (χ4n) is 2.67. The Labute approximate surface area is 178 Å². The van der Waals surface area contributed by atoms with Crippen LogP contribution in [-0.4, -0.2) is 27.8 Å². The third-order valence-electron chi connectivity index (χ3n) is 4.33. The number of carbonyl (C=O) groups is 2. The number of carboxylic acids is 1. The van der Waals surface area contributed by atoms with Gasteiger partial charge in [0.15, 0.2) is 0 Å². The van der Waals surface area contributed by atoms with Crippen LogP contribution in [0.3, 0.4) is 0 Å². The summed E-state index contributed by atoms with van der Waals surface area (Å²) in [6.45, 7) is 1.52. The Kier molecular flexibility index (Phi) is 6.11. The number of hydrazone groups is 1. The van der Waals surface area contributed by atoms with Crippen molar-refractivity contribution in [3.8, 4) is 16.2 Å². The summed E-state index contributed by atoms with van der Waals surface area (Å²) in [5.41, 5.74) is 2.39. The number of aromatic hydroxyl groups is 1. The molecule has 3 aromatic rings. The summed E-state index contributed by atoms with van der Waals surface area (Å²) < 4.78 is 38.8. The van der Waals surface area contributed by atoms with Gasteiger partial charge in [-0.25, -0.2) is 10.2 Å². The maximum atomic E-state index is 12.9. The van der Waals surface area contributed by atoms with E-state index in [9.17, 15) is 27.9 Å². The molecule has 1 amide bonds. The molecule has 0 atom stereocenters. The van der Waals surface area contributed by atoms with E-state index in [0.29, 0.717) is 0 Å². The second-order valence-corrected chi connectivity index (χ2v) is 7.31. The molecule has 1 heterocycles. The number of hydrogen-bond acceptors (Lipinski definition) is 5. The van der Waals surface area contributed by atoms with Crippen molar-refractivity contribution in [1.29, 1.82) is 0 Å². The molecule has 3 rings (SSSR count). The Balaban J connectivity index is 1.79. The van der Waals surface area contributed by atoms with E-state index in [4.69, 9.17) is 5.11 Å². The molecule has 10 heteroatoms. The third kappa shape index (κ3) is 4.92. The molecule has 0 spiro atoms. The quantitative estimate of drug-likeness (QED) is 0.378. The second kappa shape index (κ2) is 8.60. The van der Waals surface area contributed by atoms with Gasteiger partial charge in [0.2, 0.25) is 0 Å². The highest BCUT2D eigenvalue weighted by molar-refractivity contribution is 7.14. The number of carboxylic acid groups (broad SMARTS) is 1. The van der Waals surface area contributed by atoms with Crippen molar-refractivity contribution in [3.05, 3.63) is 76.2 Å². The molecular weight excluding hydrogens is 433 g/mol. The van der Waals surface area contributed by atoms with Crippen molar-refractivity contribution in [2.75, 3.05) is 0 Å². The van der Waals surface area contributed by atoms with Crippen molar-refractivity contribution >= 4 is 28.9 Å². The standard InChI is InChI=1S/C21H15F3N2O4S/c1-11(25-26-19(28)12-5-7-13(8-6-12)20(29)30)16-10-31-18(17(16)27)14-3-2-4-15(9-14)21(22,23)24/h2-10,27H,1H3,(H,26,28)(H,29,30). The largest absolute Gasteiger partial charge is 0.506 e. The summed E-state index contributed by atoms with van der Waals surface area (Å²) in [4.78, 5) is 23.3. The van der Waals surface area contributed by atoms with Gasteiger partial charge in [-0.1, -0.05) is 12.1 Å². The summed E-state index contributed by atoms with van der Waals surface area (Å²) in [6, 6.07) is 9.83. The molecule has 0 bridgehead atoms. The van der Waals surface area contributed by atoms with E-state index in [1.807, 2.05) is 0 Å². The van der Waals surface area contributed by atoms with Crippen molar-refractivity contribution in [1.82, 2.24) is 5.43 Å². The number of alkyl halides is 3. The third-order valence-corrected chi connectivity index (χ3v) is 5.34. The predicted molar refractivity (Wildman–Crippen MR) is 110 cm³/mol. The highest BCUT2D eigenvalue weighted by Gasteiger charge is 2.31. The van der Waals surface area contributed by atoms with E-state index in [1.165, 1.54) is 48.7 Å². The molecule has 31 heavy (non-hydrogen) atoms. The zero-order chi connectivity index (χ0) is 22.8. The highest BCUT2D eigenvalue weighted by atomic mass is 32.1. The Morgan fingerprint density at radius 1 is 1.06 bits per heavy atom. The van der Waals surface area contributed by atoms with Crippen LogP contribution >= 0.6 is 11.3 Å². The number of nitrogens with one attached hydrogen (secondary N) is 1. The summed E-state index contributed by atoms with van der Waals surface area (Å²) in [5.74, 6) is -1.96. The normalized spacial score (nSPS) is 11.9. The minimum absolute atomic E-state index is 0.0292. The van der Waals surface area contributed by atoms with Crippen LogP contribution in [0.4, 0.5) is 13.2 Å². The first kappa shape index (κ1) is 22.0. The van der Waals surface area contributed by atoms with Crippen LogP contribution in [0.1, 0.15) is 38.8 Å². The van der Waals surface area contributed by atoms with Crippen LogP contribution in [0.25, 0.3) is 10.4 Å². The van der Waals surface area contributed by atoms with Crippen LogP contribution in [0.2, 0.25) is 0 Å². The van der Waals surface area contributed by atoms with Gasteiger partial charge in [0.1, 0.15) is 5.75 Å². The number of hydrogen-bond donors (Lipinski definition) is 3. The highest BCUT2D eigenvalue weighted by Crippen LogP contribution is 2.40. The molecule has 0 fully saturated rings. The van der Waals surface area contributed by atoms with Crippen molar-refractivity contribution in [3.63, 3.8) is 0 Å². The van der Waals surface area contributed by atoms with E-state index in [-0.39, 0.29) is 38.6 Å². The van der Waals surface area contributed by atoms with Crippen LogP contribution in [0.5, 0.6) is 5.75 Å². The Morgan fingerprint density at radius 2 is 1.71 bits per heavy atom. The van der Waals surface area contributed by atoms with E-state index in [1.54, 1.807) is 0 Å². The van der Waals surface area contributed by atoms with Crippen molar-refractivity contribution in [2.45, 2.75) is 13.1 Å². The van der Waals surface area contributed by atoms with Crippen molar-refractivity contribution < 1.29 is 33.0 Å². The Bertz CT molecular complexity index is 1170. The van der Waals surface area contributed by atoms with Crippen LogP contribution < -0.4 is 5.43 Å². The number of benzene rings is 2. The van der Waals surface area contributed by atoms with Gasteiger partial charge in [-0.2, -0.15) is 18.3 Å². The molecule has 6 nitrogen and oxygen atoms in total. The molecule has 160 valence electrons. The number of nitrogens with zero attached hydrogens (tertiary/aromatic N) is 1.